The molecule has 0 bridgehead atoms. The van der Waals surface area contributed by atoms with Gasteiger partial charge in [0.2, 0.25) is 0 Å². The van der Waals surface area contributed by atoms with E-state index in [0.29, 0.717) is 5.41 Å². The molecule has 2 fully saturated rings. The van der Waals surface area contributed by atoms with Gasteiger partial charge < -0.3 is 0 Å². The first-order valence-electron chi connectivity index (χ1n) is 7.06. The standard InChI is InChI=1S/C15H28S/c1-10(2)13-11-8-6-7-9-12(11)16-14(13)15(3,4)5/h10-14H,6-9H2,1-5H3. The fraction of sp³-hybridized carbons (Fsp3) is 1.00. The molecule has 0 aromatic heterocycles. The Labute approximate surface area is 106 Å². The summed E-state index contributed by atoms with van der Waals surface area (Å²) in [6.07, 6.45) is 5.97. The summed E-state index contributed by atoms with van der Waals surface area (Å²) in [5.74, 6) is 2.86. The lowest BCUT2D eigenvalue weighted by Gasteiger charge is -2.36. The average molecular weight is 240 g/mol. The molecule has 2 aliphatic rings. The van der Waals surface area contributed by atoms with Crippen LogP contribution in [0.5, 0.6) is 0 Å². The van der Waals surface area contributed by atoms with E-state index < -0.39 is 0 Å². The Kier molecular flexibility index (Phi) is 3.64. The fourth-order valence-corrected chi connectivity index (χ4v) is 6.17. The van der Waals surface area contributed by atoms with E-state index in [2.05, 4.69) is 46.4 Å². The fourth-order valence-electron chi connectivity index (χ4n) is 3.86. The third-order valence-corrected chi connectivity index (χ3v) is 6.79. The summed E-state index contributed by atoms with van der Waals surface area (Å²) >= 11 is 2.34. The monoisotopic (exact) mass is 240 g/mol. The highest BCUT2D eigenvalue weighted by Gasteiger charge is 2.49. The molecule has 1 heterocycles. The zero-order valence-electron chi connectivity index (χ0n) is 11.6. The molecule has 0 radical (unpaired) electrons. The van der Waals surface area contributed by atoms with E-state index in [1.807, 2.05) is 0 Å². The van der Waals surface area contributed by atoms with Gasteiger partial charge in [0.25, 0.3) is 0 Å². The lowest BCUT2D eigenvalue weighted by molar-refractivity contribution is 0.174. The highest BCUT2D eigenvalue weighted by Crippen LogP contribution is 2.56. The summed E-state index contributed by atoms with van der Waals surface area (Å²) in [7, 11) is 0. The maximum atomic E-state index is 2.45. The van der Waals surface area contributed by atoms with Crippen LogP contribution >= 0.6 is 11.8 Å². The number of rotatable bonds is 1. The molecule has 16 heavy (non-hydrogen) atoms. The highest BCUT2D eigenvalue weighted by molar-refractivity contribution is 8.00. The Hall–Kier alpha value is 0.350. The maximum Gasteiger partial charge on any atom is 0.0132 e. The summed E-state index contributed by atoms with van der Waals surface area (Å²) in [6, 6.07) is 0. The molecule has 0 aromatic rings. The third kappa shape index (κ3) is 2.30. The second-order valence-electron chi connectivity index (χ2n) is 7.23. The molecule has 1 heteroatoms. The summed E-state index contributed by atoms with van der Waals surface area (Å²) in [6.45, 7) is 12.2. The van der Waals surface area contributed by atoms with E-state index >= 15 is 0 Å². The van der Waals surface area contributed by atoms with Gasteiger partial charge in [0.1, 0.15) is 0 Å². The molecular formula is C15H28S. The van der Waals surface area contributed by atoms with Crippen LogP contribution in [0.4, 0.5) is 0 Å². The van der Waals surface area contributed by atoms with Gasteiger partial charge in [-0.05, 0) is 36.0 Å². The van der Waals surface area contributed by atoms with Gasteiger partial charge in [-0.1, -0.05) is 47.5 Å². The molecule has 4 unspecified atom stereocenters. The van der Waals surface area contributed by atoms with Gasteiger partial charge in [-0.15, -0.1) is 0 Å². The first-order chi connectivity index (χ1) is 7.41. The van der Waals surface area contributed by atoms with Crippen molar-refractivity contribution in [1.82, 2.24) is 0 Å². The van der Waals surface area contributed by atoms with Crippen LogP contribution in [0.25, 0.3) is 0 Å². The largest absolute Gasteiger partial charge is 0.154 e. The average Bonchev–Trinajstić information content (AvgIpc) is 2.55. The summed E-state index contributed by atoms with van der Waals surface area (Å²) < 4.78 is 0. The Morgan fingerprint density at radius 3 is 2.25 bits per heavy atom. The van der Waals surface area contributed by atoms with Crippen LogP contribution in [-0.4, -0.2) is 10.5 Å². The van der Waals surface area contributed by atoms with Gasteiger partial charge in [0.15, 0.2) is 0 Å². The van der Waals surface area contributed by atoms with Crippen molar-refractivity contribution < 1.29 is 0 Å². The number of hydrogen-bond donors (Lipinski definition) is 0. The van der Waals surface area contributed by atoms with Gasteiger partial charge in [-0.25, -0.2) is 0 Å². The Morgan fingerprint density at radius 1 is 1.06 bits per heavy atom. The van der Waals surface area contributed by atoms with Crippen LogP contribution < -0.4 is 0 Å². The Morgan fingerprint density at radius 2 is 1.69 bits per heavy atom. The van der Waals surface area contributed by atoms with Crippen molar-refractivity contribution in [2.45, 2.75) is 70.8 Å². The molecule has 0 amide bonds. The van der Waals surface area contributed by atoms with Crippen molar-refractivity contribution >= 4 is 11.8 Å². The minimum Gasteiger partial charge on any atom is -0.154 e. The van der Waals surface area contributed by atoms with E-state index in [4.69, 9.17) is 0 Å². The summed E-state index contributed by atoms with van der Waals surface area (Å²) in [5, 5.41) is 1.88. The minimum absolute atomic E-state index is 0.483. The van der Waals surface area contributed by atoms with Crippen LogP contribution in [0.15, 0.2) is 0 Å². The molecule has 0 nitrogen and oxygen atoms in total. The van der Waals surface area contributed by atoms with E-state index in [-0.39, 0.29) is 0 Å². The molecule has 2 rings (SSSR count). The normalized spacial score (nSPS) is 40.1. The zero-order valence-corrected chi connectivity index (χ0v) is 12.4. The van der Waals surface area contributed by atoms with Crippen molar-refractivity contribution in [3.05, 3.63) is 0 Å². The molecular weight excluding hydrogens is 212 g/mol. The molecule has 1 aliphatic heterocycles. The number of hydrogen-bond acceptors (Lipinski definition) is 1. The lowest BCUT2D eigenvalue weighted by atomic mass is 9.69. The van der Waals surface area contributed by atoms with Crippen LogP contribution in [0.1, 0.15) is 60.3 Å². The van der Waals surface area contributed by atoms with Gasteiger partial charge in [0.05, 0.1) is 0 Å². The smallest absolute Gasteiger partial charge is 0.0132 e. The summed E-state index contributed by atoms with van der Waals surface area (Å²) in [5.41, 5.74) is 0.483. The molecule has 1 saturated heterocycles. The topological polar surface area (TPSA) is 0 Å². The van der Waals surface area contributed by atoms with Crippen molar-refractivity contribution in [3.8, 4) is 0 Å². The Balaban J connectivity index is 2.20. The molecule has 0 N–H and O–H groups in total. The number of thioether (sulfide) groups is 1. The quantitative estimate of drug-likeness (QED) is 0.623. The summed E-state index contributed by atoms with van der Waals surface area (Å²) in [4.78, 5) is 0. The van der Waals surface area contributed by atoms with Gasteiger partial charge in [0, 0.05) is 10.5 Å². The van der Waals surface area contributed by atoms with E-state index in [0.717, 1.165) is 28.3 Å². The maximum absolute atomic E-state index is 2.45. The van der Waals surface area contributed by atoms with Gasteiger partial charge in [-0.3, -0.25) is 0 Å². The van der Waals surface area contributed by atoms with Crippen molar-refractivity contribution in [2.24, 2.45) is 23.2 Å². The van der Waals surface area contributed by atoms with Crippen LogP contribution in [0.3, 0.4) is 0 Å². The Bertz CT molecular complexity index is 238. The van der Waals surface area contributed by atoms with Crippen molar-refractivity contribution in [3.63, 3.8) is 0 Å². The second-order valence-corrected chi connectivity index (χ2v) is 8.62. The molecule has 1 aliphatic carbocycles. The predicted molar refractivity (Wildman–Crippen MR) is 74.9 cm³/mol. The first-order valence-corrected chi connectivity index (χ1v) is 8.01. The predicted octanol–water partition coefficient (Wildman–Crippen LogP) is 4.98. The molecule has 0 spiro atoms. The molecule has 4 atom stereocenters. The van der Waals surface area contributed by atoms with Crippen molar-refractivity contribution in [1.29, 1.82) is 0 Å². The molecule has 0 aromatic carbocycles. The lowest BCUT2D eigenvalue weighted by Crippen LogP contribution is -2.34. The SMILES string of the molecule is CC(C)C1C2CCCCC2SC1C(C)(C)C. The molecule has 1 saturated carbocycles. The number of fused-ring (bicyclic) bond motifs is 1. The van der Waals surface area contributed by atoms with Crippen molar-refractivity contribution in [2.75, 3.05) is 0 Å². The second kappa shape index (κ2) is 4.55. The van der Waals surface area contributed by atoms with E-state index in [1.165, 1.54) is 25.7 Å². The highest BCUT2D eigenvalue weighted by atomic mass is 32.2. The first kappa shape index (κ1) is 12.8. The van der Waals surface area contributed by atoms with E-state index in [9.17, 15) is 0 Å². The minimum atomic E-state index is 0.483. The van der Waals surface area contributed by atoms with Gasteiger partial charge in [-0.2, -0.15) is 11.8 Å². The van der Waals surface area contributed by atoms with Crippen LogP contribution in [0, 0.1) is 23.2 Å². The van der Waals surface area contributed by atoms with Crippen LogP contribution in [0.2, 0.25) is 0 Å². The van der Waals surface area contributed by atoms with E-state index in [1.54, 1.807) is 0 Å². The zero-order chi connectivity index (χ0) is 11.9. The third-order valence-electron chi connectivity index (χ3n) is 4.54. The van der Waals surface area contributed by atoms with Crippen LogP contribution in [-0.2, 0) is 0 Å². The van der Waals surface area contributed by atoms with Gasteiger partial charge >= 0.3 is 0 Å². The molecule has 94 valence electrons.